The molecule has 114 valence electrons. The first-order valence-electron chi connectivity index (χ1n) is 7.12. The fraction of sp³-hybridized carbons (Fsp3) is 0.235. The van der Waals surface area contributed by atoms with Gasteiger partial charge in [-0.2, -0.15) is 0 Å². The normalized spacial score (nSPS) is 12.5. The van der Waals surface area contributed by atoms with Crippen LogP contribution in [0, 0.1) is 0 Å². The summed E-state index contributed by atoms with van der Waals surface area (Å²) < 4.78 is 10.7. The second-order valence-electron chi connectivity index (χ2n) is 4.98. The molecule has 2 heterocycles. The van der Waals surface area contributed by atoms with Crippen molar-refractivity contribution in [1.82, 2.24) is 10.3 Å². The number of rotatable bonds is 6. The molecule has 0 aliphatic heterocycles. The molecule has 1 aromatic carbocycles. The molecule has 0 spiro atoms. The number of methoxy groups -OCH3 is 1. The van der Waals surface area contributed by atoms with Gasteiger partial charge in [0, 0.05) is 17.5 Å². The summed E-state index contributed by atoms with van der Waals surface area (Å²) in [5, 5.41) is 13.8. The third-order valence-corrected chi connectivity index (χ3v) is 3.56. The van der Waals surface area contributed by atoms with E-state index in [1.165, 1.54) is 0 Å². The van der Waals surface area contributed by atoms with E-state index < -0.39 is 0 Å². The summed E-state index contributed by atoms with van der Waals surface area (Å²) in [6.07, 6.45) is 1.60. The van der Waals surface area contributed by atoms with Crippen molar-refractivity contribution < 1.29 is 14.3 Å². The van der Waals surface area contributed by atoms with E-state index in [0.29, 0.717) is 18.2 Å². The Kier molecular flexibility index (Phi) is 4.37. The molecular formula is C17H18N2O3. The topological polar surface area (TPSA) is 67.5 Å². The number of pyridine rings is 1. The van der Waals surface area contributed by atoms with Crippen molar-refractivity contribution in [2.75, 3.05) is 13.7 Å². The van der Waals surface area contributed by atoms with E-state index in [2.05, 4.69) is 10.3 Å². The number of aromatic nitrogens is 1. The van der Waals surface area contributed by atoms with Gasteiger partial charge in [-0.1, -0.05) is 18.2 Å². The molecule has 0 saturated heterocycles. The Morgan fingerprint density at radius 3 is 2.86 bits per heavy atom. The summed E-state index contributed by atoms with van der Waals surface area (Å²) >= 11 is 0. The Hall–Kier alpha value is -2.37. The number of nitrogens with one attached hydrogen (secondary N) is 1. The minimum atomic E-state index is -0.258. The molecule has 1 atom stereocenters. The number of hydrogen-bond donors (Lipinski definition) is 2. The van der Waals surface area contributed by atoms with Gasteiger partial charge in [0.15, 0.2) is 0 Å². The highest BCUT2D eigenvalue weighted by molar-refractivity contribution is 5.80. The van der Waals surface area contributed by atoms with Gasteiger partial charge in [-0.25, -0.2) is 4.98 Å². The number of hydrogen-bond acceptors (Lipinski definition) is 5. The van der Waals surface area contributed by atoms with Crippen LogP contribution in [-0.2, 0) is 6.54 Å². The zero-order chi connectivity index (χ0) is 15.4. The SMILES string of the molecule is COc1nc2ccccc2cc1CNC(CO)c1ccco1. The molecule has 0 fully saturated rings. The van der Waals surface area contributed by atoms with E-state index in [9.17, 15) is 5.11 Å². The lowest BCUT2D eigenvalue weighted by Crippen LogP contribution is -2.24. The smallest absolute Gasteiger partial charge is 0.218 e. The lowest BCUT2D eigenvalue weighted by atomic mass is 10.1. The lowest BCUT2D eigenvalue weighted by molar-refractivity contribution is 0.225. The summed E-state index contributed by atoms with van der Waals surface area (Å²) in [4.78, 5) is 4.51. The minimum Gasteiger partial charge on any atom is -0.481 e. The summed E-state index contributed by atoms with van der Waals surface area (Å²) in [7, 11) is 1.61. The molecule has 2 N–H and O–H groups in total. The highest BCUT2D eigenvalue weighted by Crippen LogP contribution is 2.23. The number of nitrogens with zero attached hydrogens (tertiary/aromatic N) is 1. The predicted octanol–water partition coefficient (Wildman–Crippen LogP) is 2.66. The zero-order valence-electron chi connectivity index (χ0n) is 12.3. The maximum Gasteiger partial charge on any atom is 0.218 e. The largest absolute Gasteiger partial charge is 0.481 e. The number of aliphatic hydroxyl groups is 1. The van der Waals surface area contributed by atoms with Crippen LogP contribution in [-0.4, -0.2) is 23.8 Å². The second kappa shape index (κ2) is 6.60. The van der Waals surface area contributed by atoms with Gasteiger partial charge in [0.1, 0.15) is 5.76 Å². The molecule has 2 aromatic heterocycles. The number of para-hydroxylation sites is 1. The minimum absolute atomic E-state index is 0.0448. The first-order chi connectivity index (χ1) is 10.8. The van der Waals surface area contributed by atoms with Gasteiger partial charge >= 0.3 is 0 Å². The van der Waals surface area contributed by atoms with Gasteiger partial charge < -0.3 is 19.6 Å². The summed E-state index contributed by atoms with van der Waals surface area (Å²) in [6, 6.07) is 13.3. The molecule has 22 heavy (non-hydrogen) atoms. The van der Waals surface area contributed by atoms with Crippen molar-refractivity contribution in [3.05, 3.63) is 60.1 Å². The second-order valence-corrected chi connectivity index (χ2v) is 4.98. The van der Waals surface area contributed by atoms with Crippen LogP contribution in [0.2, 0.25) is 0 Å². The molecule has 0 aliphatic rings. The lowest BCUT2D eigenvalue weighted by Gasteiger charge is -2.15. The fourth-order valence-corrected chi connectivity index (χ4v) is 2.42. The van der Waals surface area contributed by atoms with Crippen LogP contribution in [0.25, 0.3) is 10.9 Å². The van der Waals surface area contributed by atoms with Gasteiger partial charge in [0.25, 0.3) is 0 Å². The number of benzene rings is 1. The van der Waals surface area contributed by atoms with E-state index >= 15 is 0 Å². The number of aliphatic hydroxyl groups excluding tert-OH is 1. The van der Waals surface area contributed by atoms with Crippen molar-refractivity contribution in [1.29, 1.82) is 0 Å². The van der Waals surface area contributed by atoms with E-state index in [4.69, 9.17) is 9.15 Å². The Bertz CT molecular complexity index is 741. The van der Waals surface area contributed by atoms with E-state index in [1.807, 2.05) is 36.4 Å². The standard InChI is InChI=1S/C17H18N2O3/c1-21-17-13(9-12-5-2-3-6-14(12)19-17)10-18-15(11-20)16-7-4-8-22-16/h2-9,15,18,20H,10-11H2,1H3. The monoisotopic (exact) mass is 298 g/mol. The Morgan fingerprint density at radius 1 is 1.27 bits per heavy atom. The molecule has 0 bridgehead atoms. The molecule has 1 unspecified atom stereocenters. The van der Waals surface area contributed by atoms with Crippen molar-refractivity contribution in [2.45, 2.75) is 12.6 Å². The van der Waals surface area contributed by atoms with E-state index in [1.54, 1.807) is 19.4 Å². The van der Waals surface area contributed by atoms with Gasteiger partial charge in [0.2, 0.25) is 5.88 Å². The Morgan fingerprint density at radius 2 is 2.14 bits per heavy atom. The Labute approximate surface area is 128 Å². The molecule has 0 amide bonds. The average Bonchev–Trinajstić information content (AvgIpc) is 3.09. The van der Waals surface area contributed by atoms with Gasteiger partial charge in [0.05, 0.1) is 31.5 Å². The quantitative estimate of drug-likeness (QED) is 0.732. The van der Waals surface area contributed by atoms with Crippen molar-refractivity contribution in [3.8, 4) is 5.88 Å². The van der Waals surface area contributed by atoms with Crippen LogP contribution in [0.4, 0.5) is 0 Å². The summed E-state index contributed by atoms with van der Waals surface area (Å²) in [5.74, 6) is 1.29. The third kappa shape index (κ3) is 2.95. The third-order valence-electron chi connectivity index (χ3n) is 3.56. The summed E-state index contributed by atoms with van der Waals surface area (Å²) in [5.41, 5.74) is 1.83. The molecular weight excluding hydrogens is 280 g/mol. The zero-order valence-corrected chi connectivity index (χ0v) is 12.3. The maximum atomic E-state index is 9.50. The van der Waals surface area contributed by atoms with Crippen molar-refractivity contribution >= 4 is 10.9 Å². The van der Waals surface area contributed by atoms with Crippen LogP contribution < -0.4 is 10.1 Å². The molecule has 0 aliphatic carbocycles. The van der Waals surface area contributed by atoms with Crippen LogP contribution in [0.1, 0.15) is 17.4 Å². The first-order valence-corrected chi connectivity index (χ1v) is 7.12. The van der Waals surface area contributed by atoms with Gasteiger partial charge in [-0.3, -0.25) is 0 Å². The molecule has 5 nitrogen and oxygen atoms in total. The Balaban J connectivity index is 1.83. The maximum absolute atomic E-state index is 9.50. The van der Waals surface area contributed by atoms with E-state index in [0.717, 1.165) is 16.5 Å². The summed E-state index contributed by atoms with van der Waals surface area (Å²) in [6.45, 7) is 0.476. The van der Waals surface area contributed by atoms with Crippen molar-refractivity contribution in [2.24, 2.45) is 0 Å². The molecule has 0 radical (unpaired) electrons. The molecule has 3 aromatic rings. The highest BCUT2D eigenvalue weighted by atomic mass is 16.5. The van der Waals surface area contributed by atoms with E-state index in [-0.39, 0.29) is 12.6 Å². The van der Waals surface area contributed by atoms with Crippen molar-refractivity contribution in [3.63, 3.8) is 0 Å². The molecule has 3 rings (SSSR count). The fourth-order valence-electron chi connectivity index (χ4n) is 2.42. The van der Waals surface area contributed by atoms with Crippen LogP contribution in [0.15, 0.2) is 53.1 Å². The van der Waals surface area contributed by atoms with Crippen LogP contribution in [0.3, 0.4) is 0 Å². The number of ether oxygens (including phenoxy) is 1. The number of furan rings is 1. The van der Waals surface area contributed by atoms with Gasteiger partial charge in [-0.05, 0) is 24.3 Å². The highest BCUT2D eigenvalue weighted by Gasteiger charge is 2.14. The van der Waals surface area contributed by atoms with Crippen LogP contribution >= 0.6 is 0 Å². The molecule has 5 heteroatoms. The van der Waals surface area contributed by atoms with Crippen LogP contribution in [0.5, 0.6) is 5.88 Å². The van der Waals surface area contributed by atoms with Gasteiger partial charge in [-0.15, -0.1) is 0 Å². The molecule has 0 saturated carbocycles. The predicted molar refractivity (Wildman–Crippen MR) is 83.7 cm³/mol. The first kappa shape index (κ1) is 14.6. The average molecular weight is 298 g/mol. The number of fused-ring (bicyclic) bond motifs is 1.